The third-order valence-electron chi connectivity index (χ3n) is 3.13. The van der Waals surface area contributed by atoms with Crippen LogP contribution in [0.2, 0.25) is 0 Å². The summed E-state index contributed by atoms with van der Waals surface area (Å²) < 4.78 is 35.8. The van der Waals surface area contributed by atoms with E-state index in [0.717, 1.165) is 5.69 Å². The van der Waals surface area contributed by atoms with Crippen molar-refractivity contribution in [3.05, 3.63) is 58.5 Å². The van der Waals surface area contributed by atoms with Gasteiger partial charge in [-0.25, -0.2) is 13.8 Å². The van der Waals surface area contributed by atoms with E-state index >= 15 is 0 Å². The molecule has 0 aromatic carbocycles. The van der Waals surface area contributed by atoms with Crippen LogP contribution in [0.4, 0.5) is 13.9 Å². The van der Waals surface area contributed by atoms with Gasteiger partial charge in [-0.2, -0.15) is 0 Å². The van der Waals surface area contributed by atoms with Crippen molar-refractivity contribution >= 4 is 22.0 Å². The lowest BCUT2D eigenvalue weighted by molar-refractivity contribution is 0.604. The predicted molar refractivity (Wildman–Crippen MR) is 80.3 cm³/mol. The van der Waals surface area contributed by atoms with Crippen LogP contribution in [0.25, 0.3) is 5.57 Å². The molecule has 1 aliphatic rings. The average molecular weight is 306 g/mol. The average Bonchev–Trinajstić information content (AvgIpc) is 2.89. The highest BCUT2D eigenvalue weighted by Gasteiger charge is 2.20. The lowest BCUT2D eigenvalue weighted by atomic mass is 10.0. The monoisotopic (exact) mass is 306 g/mol. The number of allylic oxidation sites excluding steroid dienone is 2. The molecule has 0 amide bonds. The molecule has 0 bridgehead atoms. The first kappa shape index (κ1) is 12.6. The van der Waals surface area contributed by atoms with Gasteiger partial charge in [-0.15, -0.1) is 11.3 Å². The first-order valence-electron chi connectivity index (χ1n) is 6.85. The van der Waals surface area contributed by atoms with Gasteiger partial charge in [0.15, 0.2) is 10.9 Å². The number of rotatable bonds is 2. The van der Waals surface area contributed by atoms with Gasteiger partial charge in [0.05, 0.1) is 19.3 Å². The molecule has 0 saturated carbocycles. The van der Waals surface area contributed by atoms with Crippen LogP contribution in [0.1, 0.15) is 18.3 Å². The van der Waals surface area contributed by atoms with E-state index in [1.54, 1.807) is 4.90 Å². The predicted octanol–water partition coefficient (Wildman–Crippen LogP) is 4.01. The highest BCUT2D eigenvalue weighted by Crippen LogP contribution is 2.30. The van der Waals surface area contributed by atoms with Gasteiger partial charge in [0.25, 0.3) is 0 Å². The molecule has 0 spiro atoms. The third-order valence-corrected chi connectivity index (χ3v) is 4.12. The van der Waals surface area contributed by atoms with Crippen molar-refractivity contribution in [3.8, 4) is 0 Å². The van der Waals surface area contributed by atoms with Crippen molar-refractivity contribution in [2.45, 2.75) is 13.8 Å². The number of aryl methyl sites for hydroxylation is 2. The smallest absolute Gasteiger partial charge is 0.189 e. The molecule has 0 radical (unpaired) electrons. The summed E-state index contributed by atoms with van der Waals surface area (Å²) in [6.45, 7) is 3.65. The van der Waals surface area contributed by atoms with Crippen LogP contribution in [-0.4, -0.2) is 16.5 Å². The molecular weight excluding hydrogens is 292 g/mol. The molecule has 1 aliphatic heterocycles. The Bertz CT molecular complexity index is 798. The Morgan fingerprint density at radius 3 is 2.90 bits per heavy atom. The van der Waals surface area contributed by atoms with Crippen LogP contribution in [0.5, 0.6) is 0 Å². The molecule has 3 rings (SSSR count). The molecule has 3 nitrogen and oxygen atoms in total. The summed E-state index contributed by atoms with van der Waals surface area (Å²) in [5.74, 6) is -0.998. The maximum absolute atomic E-state index is 14.3. The number of aromatic nitrogens is 2. The van der Waals surface area contributed by atoms with Gasteiger partial charge in [0, 0.05) is 23.3 Å². The standard InChI is InChI=1S/C15H13F2N3S/c1-9-8-21-15(19-9)20-6-11(5-12(16)7-20)13-3-4-18-10(2)14(13)17/h3-5,7-8H,6H2,1-2H3/i4D. The molecular formula is C15H13F2N3S. The second-order valence-corrected chi connectivity index (χ2v) is 5.62. The van der Waals surface area contributed by atoms with Crippen molar-refractivity contribution in [3.63, 3.8) is 0 Å². The number of anilines is 1. The fourth-order valence-corrected chi connectivity index (χ4v) is 2.90. The van der Waals surface area contributed by atoms with E-state index < -0.39 is 11.6 Å². The van der Waals surface area contributed by atoms with Gasteiger partial charge in [0.2, 0.25) is 0 Å². The summed E-state index contributed by atoms with van der Waals surface area (Å²) in [5, 5.41) is 2.52. The normalized spacial score (nSPS) is 15.6. The summed E-state index contributed by atoms with van der Waals surface area (Å²) in [4.78, 5) is 9.72. The van der Waals surface area contributed by atoms with Gasteiger partial charge in [0.1, 0.15) is 5.83 Å². The topological polar surface area (TPSA) is 29.0 Å². The van der Waals surface area contributed by atoms with Gasteiger partial charge in [-0.05, 0) is 31.6 Å². The van der Waals surface area contributed by atoms with E-state index in [1.165, 1.54) is 36.6 Å². The summed E-state index contributed by atoms with van der Waals surface area (Å²) >= 11 is 1.40. The van der Waals surface area contributed by atoms with E-state index in [0.29, 0.717) is 17.2 Å². The molecule has 2 aromatic rings. The molecule has 0 fully saturated rings. The Kier molecular flexibility index (Phi) is 3.23. The molecule has 0 unspecified atom stereocenters. The second kappa shape index (κ2) is 5.37. The lowest BCUT2D eigenvalue weighted by Gasteiger charge is -2.23. The Hall–Kier alpha value is -2.08. The Morgan fingerprint density at radius 1 is 1.38 bits per heavy atom. The van der Waals surface area contributed by atoms with Crippen LogP contribution in [0.15, 0.2) is 35.7 Å². The Morgan fingerprint density at radius 2 is 2.19 bits per heavy atom. The molecule has 0 N–H and O–H groups in total. The van der Waals surface area contributed by atoms with E-state index in [2.05, 4.69) is 9.97 Å². The van der Waals surface area contributed by atoms with E-state index in [-0.39, 0.29) is 17.4 Å². The summed E-state index contributed by atoms with van der Waals surface area (Å²) in [6, 6.07) is 1.32. The zero-order chi connectivity index (χ0) is 15.9. The largest absolute Gasteiger partial charge is 0.317 e. The first-order valence-corrected chi connectivity index (χ1v) is 7.23. The highest BCUT2D eigenvalue weighted by molar-refractivity contribution is 7.13. The molecule has 3 heterocycles. The van der Waals surface area contributed by atoms with Gasteiger partial charge < -0.3 is 4.90 Å². The minimum absolute atomic E-state index is 0.0404. The third kappa shape index (κ3) is 2.71. The molecule has 0 atom stereocenters. The van der Waals surface area contributed by atoms with Crippen LogP contribution in [0.3, 0.4) is 0 Å². The van der Waals surface area contributed by atoms with Gasteiger partial charge in [-0.3, -0.25) is 4.98 Å². The molecule has 6 heteroatoms. The lowest BCUT2D eigenvalue weighted by Crippen LogP contribution is -2.22. The second-order valence-electron chi connectivity index (χ2n) is 4.78. The maximum atomic E-state index is 14.3. The number of pyridine rings is 1. The maximum Gasteiger partial charge on any atom is 0.189 e. The number of halogens is 2. The number of hydrogen-bond donors (Lipinski definition) is 0. The quantitative estimate of drug-likeness (QED) is 0.839. The summed E-state index contributed by atoms with van der Waals surface area (Å²) in [6.07, 6.45) is 2.59. The van der Waals surface area contributed by atoms with Crippen molar-refractivity contribution in [2.24, 2.45) is 0 Å². The van der Waals surface area contributed by atoms with Gasteiger partial charge >= 0.3 is 0 Å². The van der Waals surface area contributed by atoms with Crippen molar-refractivity contribution in [1.29, 1.82) is 0 Å². The summed E-state index contributed by atoms with van der Waals surface area (Å²) in [7, 11) is 0. The number of thiazole rings is 1. The van der Waals surface area contributed by atoms with Crippen LogP contribution in [0, 0.1) is 19.7 Å². The van der Waals surface area contributed by atoms with Crippen LogP contribution >= 0.6 is 11.3 Å². The fraction of sp³-hybridized carbons (Fsp3) is 0.200. The highest BCUT2D eigenvalue weighted by atomic mass is 32.1. The van der Waals surface area contributed by atoms with E-state index in [4.69, 9.17) is 1.37 Å². The first-order chi connectivity index (χ1) is 10.4. The van der Waals surface area contributed by atoms with E-state index in [9.17, 15) is 8.78 Å². The van der Waals surface area contributed by atoms with Gasteiger partial charge in [-0.1, -0.05) is 0 Å². The molecule has 21 heavy (non-hydrogen) atoms. The zero-order valence-electron chi connectivity index (χ0n) is 12.5. The summed E-state index contributed by atoms with van der Waals surface area (Å²) in [5.41, 5.74) is 1.66. The fourth-order valence-electron chi connectivity index (χ4n) is 2.12. The van der Waals surface area contributed by atoms with Crippen LogP contribution in [-0.2, 0) is 0 Å². The number of hydrogen-bond acceptors (Lipinski definition) is 4. The SMILES string of the molecule is [2H]c1cc(C2=CC(F)=CN(c3nc(C)cs3)C2)c(F)c(C)n1. The minimum Gasteiger partial charge on any atom is -0.317 e. The molecule has 0 aliphatic carbocycles. The number of nitrogens with zero attached hydrogens (tertiary/aromatic N) is 3. The van der Waals surface area contributed by atoms with Crippen molar-refractivity contribution in [2.75, 3.05) is 11.4 Å². The molecule has 0 saturated heterocycles. The van der Waals surface area contributed by atoms with E-state index in [1.807, 2.05) is 12.3 Å². The molecule has 2 aromatic heterocycles. The van der Waals surface area contributed by atoms with Crippen molar-refractivity contribution < 1.29 is 10.2 Å². The van der Waals surface area contributed by atoms with Crippen molar-refractivity contribution in [1.82, 2.24) is 9.97 Å². The minimum atomic E-state index is -0.521. The van der Waals surface area contributed by atoms with Crippen LogP contribution < -0.4 is 4.90 Å². The Labute approximate surface area is 126 Å². The molecule has 108 valence electrons. The zero-order valence-corrected chi connectivity index (χ0v) is 12.3. The Balaban J connectivity index is 2.00.